The Morgan fingerprint density at radius 1 is 1.11 bits per heavy atom. The van der Waals surface area contributed by atoms with Crippen LogP contribution in [0.5, 0.6) is 0 Å². The van der Waals surface area contributed by atoms with Crippen LogP contribution in [-0.4, -0.2) is 25.3 Å². The number of unbranched alkanes of at least 4 members (excludes halogenated alkanes) is 1. The van der Waals surface area contributed by atoms with E-state index in [0.717, 1.165) is 47.1 Å². The molecule has 0 aromatic heterocycles. The fourth-order valence-electron chi connectivity index (χ4n) is 5.64. The molecule has 2 N–H and O–H groups in total. The van der Waals surface area contributed by atoms with Gasteiger partial charge in [0, 0.05) is 24.8 Å². The summed E-state index contributed by atoms with van der Waals surface area (Å²) in [4.78, 5) is 2.45. The van der Waals surface area contributed by atoms with Gasteiger partial charge >= 0.3 is 0 Å². The van der Waals surface area contributed by atoms with Crippen molar-refractivity contribution in [2.75, 3.05) is 23.0 Å². The first-order valence-corrected chi connectivity index (χ1v) is 13.9. The number of hydrazine groups is 1. The van der Waals surface area contributed by atoms with Crippen molar-refractivity contribution >= 4 is 17.1 Å². The van der Waals surface area contributed by atoms with Gasteiger partial charge in [0.25, 0.3) is 0 Å². The summed E-state index contributed by atoms with van der Waals surface area (Å²) >= 11 is 0. The van der Waals surface area contributed by atoms with E-state index in [1.54, 1.807) is 0 Å². The summed E-state index contributed by atoms with van der Waals surface area (Å²) in [5.74, 6) is 0.742. The van der Waals surface area contributed by atoms with E-state index >= 15 is 0 Å². The normalized spacial score (nSPS) is 19.1. The highest BCUT2D eigenvalue weighted by Gasteiger charge is 2.29. The first-order chi connectivity index (χ1) is 17.5. The summed E-state index contributed by atoms with van der Waals surface area (Å²) in [6.07, 6.45) is 11.5. The minimum Gasteiger partial charge on any atom is -0.372 e. The van der Waals surface area contributed by atoms with Crippen LogP contribution in [-0.2, 0) is 0 Å². The third kappa shape index (κ3) is 6.11. The van der Waals surface area contributed by atoms with Gasteiger partial charge in [0.2, 0.25) is 0 Å². The summed E-state index contributed by atoms with van der Waals surface area (Å²) in [6.45, 7) is 10.9. The van der Waals surface area contributed by atoms with Crippen LogP contribution in [0, 0.1) is 24.2 Å². The number of nitrogens with zero attached hydrogens (tertiary/aromatic N) is 3. The summed E-state index contributed by atoms with van der Waals surface area (Å²) < 4.78 is 0. The minimum atomic E-state index is 0.0595. The lowest BCUT2D eigenvalue weighted by molar-refractivity contribution is 0.266. The van der Waals surface area contributed by atoms with Gasteiger partial charge in [0.05, 0.1) is 29.2 Å². The molecule has 2 aromatic carbocycles. The molecular formula is C31H43N5. The molecule has 0 bridgehead atoms. The van der Waals surface area contributed by atoms with Crippen LogP contribution < -0.4 is 20.7 Å². The van der Waals surface area contributed by atoms with Gasteiger partial charge in [-0.3, -0.25) is 10.3 Å². The molecule has 5 nitrogen and oxygen atoms in total. The molecule has 2 atom stereocenters. The maximum atomic E-state index is 9.41. The number of benzene rings is 2. The van der Waals surface area contributed by atoms with Crippen molar-refractivity contribution in [1.29, 1.82) is 5.26 Å². The zero-order valence-corrected chi connectivity index (χ0v) is 22.6. The molecule has 2 unspecified atom stereocenters. The van der Waals surface area contributed by atoms with E-state index in [9.17, 15) is 5.26 Å². The fraction of sp³-hybridized carbons (Fsp3) is 0.516. The van der Waals surface area contributed by atoms with Crippen LogP contribution in [0.25, 0.3) is 5.70 Å². The van der Waals surface area contributed by atoms with Crippen LogP contribution >= 0.6 is 0 Å². The van der Waals surface area contributed by atoms with E-state index in [4.69, 9.17) is 0 Å². The van der Waals surface area contributed by atoms with E-state index in [1.807, 2.05) is 13.0 Å². The molecular weight excluding hydrogens is 442 g/mol. The number of hydrogen-bond acceptors (Lipinski definition) is 5. The Hall–Kier alpha value is -2.81. The lowest BCUT2D eigenvalue weighted by atomic mass is 9.84. The van der Waals surface area contributed by atoms with Gasteiger partial charge in [0.1, 0.15) is 0 Å². The second-order valence-corrected chi connectivity index (χ2v) is 10.4. The first-order valence-electron chi connectivity index (χ1n) is 13.9. The van der Waals surface area contributed by atoms with Crippen LogP contribution in [0.3, 0.4) is 0 Å². The molecule has 1 aliphatic carbocycles. The predicted octanol–water partition coefficient (Wildman–Crippen LogP) is 6.74. The Labute approximate surface area is 218 Å². The van der Waals surface area contributed by atoms with Gasteiger partial charge in [-0.25, -0.2) is 5.43 Å². The van der Waals surface area contributed by atoms with E-state index < -0.39 is 0 Å². The number of nitriles is 1. The van der Waals surface area contributed by atoms with Crippen LogP contribution in [0.15, 0.2) is 48.5 Å². The molecule has 1 heterocycles. The number of anilines is 2. The van der Waals surface area contributed by atoms with Crippen LogP contribution in [0.4, 0.5) is 11.4 Å². The number of hydrogen-bond donors (Lipinski definition) is 2. The van der Waals surface area contributed by atoms with Crippen molar-refractivity contribution < 1.29 is 0 Å². The molecule has 36 heavy (non-hydrogen) atoms. The van der Waals surface area contributed by atoms with Gasteiger partial charge in [-0.2, -0.15) is 5.26 Å². The van der Waals surface area contributed by atoms with Crippen molar-refractivity contribution in [2.24, 2.45) is 5.92 Å². The van der Waals surface area contributed by atoms with Gasteiger partial charge in [-0.1, -0.05) is 38.7 Å². The Morgan fingerprint density at radius 3 is 2.50 bits per heavy atom. The van der Waals surface area contributed by atoms with E-state index in [-0.39, 0.29) is 6.17 Å². The number of rotatable bonds is 10. The summed E-state index contributed by atoms with van der Waals surface area (Å²) in [6, 6.07) is 17.8. The fourth-order valence-corrected chi connectivity index (χ4v) is 5.64. The average Bonchev–Trinajstić information content (AvgIpc) is 3.33. The Balaban J connectivity index is 1.58. The van der Waals surface area contributed by atoms with Gasteiger partial charge in [0.15, 0.2) is 0 Å². The van der Waals surface area contributed by atoms with Crippen LogP contribution in [0.1, 0.15) is 82.4 Å². The second kappa shape index (κ2) is 12.4. The smallest absolute Gasteiger partial charge is 0.0994 e. The third-order valence-corrected chi connectivity index (χ3v) is 7.91. The second-order valence-electron chi connectivity index (χ2n) is 10.4. The molecule has 1 aliphatic heterocycles. The highest BCUT2D eigenvalue weighted by molar-refractivity contribution is 5.82. The molecule has 4 rings (SSSR count). The van der Waals surface area contributed by atoms with Crippen molar-refractivity contribution in [3.8, 4) is 6.07 Å². The zero-order chi connectivity index (χ0) is 25.5. The van der Waals surface area contributed by atoms with Crippen molar-refractivity contribution in [1.82, 2.24) is 10.7 Å². The van der Waals surface area contributed by atoms with Crippen LogP contribution in [0.2, 0.25) is 0 Å². The highest BCUT2D eigenvalue weighted by Crippen LogP contribution is 2.32. The SMILES string of the molecule is CCCCN(CC)c1ccc(N2NC(NC(C)C3CCCCC3)C=C2c2ccc(C#N)c(C)c2)cc1. The maximum absolute atomic E-state index is 9.41. The quantitative estimate of drug-likeness (QED) is 0.390. The average molecular weight is 486 g/mol. The lowest BCUT2D eigenvalue weighted by Crippen LogP contribution is -2.49. The molecule has 0 saturated heterocycles. The Kier molecular flexibility index (Phi) is 9.07. The molecule has 0 radical (unpaired) electrons. The van der Waals surface area contributed by atoms with Gasteiger partial charge in [-0.15, -0.1) is 0 Å². The molecule has 0 spiro atoms. The number of aryl methyl sites for hydroxylation is 1. The third-order valence-electron chi connectivity index (χ3n) is 7.91. The van der Waals surface area contributed by atoms with Crippen molar-refractivity contribution in [2.45, 2.75) is 84.8 Å². The molecule has 1 saturated carbocycles. The van der Waals surface area contributed by atoms with Crippen molar-refractivity contribution in [3.63, 3.8) is 0 Å². The lowest BCUT2D eigenvalue weighted by Gasteiger charge is -2.31. The molecule has 2 aliphatic rings. The van der Waals surface area contributed by atoms with Gasteiger partial charge < -0.3 is 4.90 Å². The largest absolute Gasteiger partial charge is 0.372 e. The molecule has 0 amide bonds. The number of nitrogens with one attached hydrogen (secondary N) is 2. The molecule has 5 heteroatoms. The summed E-state index contributed by atoms with van der Waals surface area (Å²) in [7, 11) is 0. The Bertz CT molecular complexity index is 1060. The monoisotopic (exact) mass is 485 g/mol. The first kappa shape index (κ1) is 26.3. The zero-order valence-electron chi connectivity index (χ0n) is 22.6. The van der Waals surface area contributed by atoms with E-state index in [0.29, 0.717) is 6.04 Å². The minimum absolute atomic E-state index is 0.0595. The molecule has 2 aromatic rings. The highest BCUT2D eigenvalue weighted by atomic mass is 15.6. The topological polar surface area (TPSA) is 54.3 Å². The van der Waals surface area contributed by atoms with E-state index in [2.05, 4.69) is 90.0 Å². The maximum Gasteiger partial charge on any atom is 0.0994 e. The molecule has 192 valence electrons. The van der Waals surface area contributed by atoms with Gasteiger partial charge in [-0.05, 0) is 99.6 Å². The van der Waals surface area contributed by atoms with E-state index in [1.165, 1.54) is 50.6 Å². The van der Waals surface area contributed by atoms with Crippen molar-refractivity contribution in [3.05, 3.63) is 65.2 Å². The molecule has 1 fully saturated rings. The summed E-state index contributed by atoms with van der Waals surface area (Å²) in [5.41, 5.74) is 10.1. The predicted molar refractivity (Wildman–Crippen MR) is 152 cm³/mol. The summed E-state index contributed by atoms with van der Waals surface area (Å²) in [5, 5.41) is 15.5. The Morgan fingerprint density at radius 2 is 1.86 bits per heavy atom. The standard InChI is InChI=1S/C31H43N5/c1-5-7-19-35(6-2)28-15-17-29(18-16-28)36-30(26-13-14-27(22-32)23(3)20-26)21-31(34-36)33-24(4)25-11-9-8-10-12-25/h13-18,20-21,24-25,31,33-34H,5-12,19H2,1-4H3.